The topological polar surface area (TPSA) is 74.2 Å². The van der Waals surface area contributed by atoms with E-state index in [2.05, 4.69) is 36.9 Å². The zero-order valence-corrected chi connectivity index (χ0v) is 21.5. The lowest BCUT2D eigenvalue weighted by molar-refractivity contribution is -0.129. The van der Waals surface area contributed by atoms with Crippen molar-refractivity contribution in [2.75, 3.05) is 6.61 Å². The lowest BCUT2D eigenvalue weighted by Gasteiger charge is -2.14. The second kappa shape index (κ2) is 10.4. The van der Waals surface area contributed by atoms with E-state index < -0.39 is 11.9 Å². The van der Waals surface area contributed by atoms with Crippen LogP contribution < -0.4 is 9.47 Å². The Morgan fingerprint density at radius 3 is 2.56 bits per heavy atom. The van der Waals surface area contributed by atoms with E-state index in [1.54, 1.807) is 48.5 Å². The fourth-order valence-corrected chi connectivity index (χ4v) is 4.04. The van der Waals surface area contributed by atoms with Gasteiger partial charge in [0.2, 0.25) is 5.90 Å². The summed E-state index contributed by atoms with van der Waals surface area (Å²) in [5, 5.41) is 0. The largest absolute Gasteiger partial charge is 0.490 e. The molecule has 4 rings (SSSR count). The molecule has 1 aliphatic rings. The average Bonchev–Trinajstić information content (AvgIpc) is 3.16. The first-order valence-electron chi connectivity index (χ1n) is 10.4. The first-order valence-corrected chi connectivity index (χ1v) is 12.0. The summed E-state index contributed by atoms with van der Waals surface area (Å²) in [6, 6.07) is 17.8. The van der Waals surface area contributed by atoms with E-state index in [4.69, 9.17) is 14.2 Å². The van der Waals surface area contributed by atoms with Crippen molar-refractivity contribution in [3.8, 4) is 11.5 Å². The van der Waals surface area contributed by atoms with Crippen molar-refractivity contribution in [3.05, 3.63) is 97.6 Å². The van der Waals surface area contributed by atoms with Crippen LogP contribution in [0.4, 0.5) is 0 Å². The van der Waals surface area contributed by atoms with Gasteiger partial charge in [-0.05, 0) is 89.9 Å². The maximum absolute atomic E-state index is 12.7. The molecule has 3 aromatic rings. The number of esters is 2. The quantitative estimate of drug-likeness (QED) is 0.188. The van der Waals surface area contributed by atoms with Gasteiger partial charge in [-0.15, -0.1) is 0 Å². The van der Waals surface area contributed by atoms with Crippen molar-refractivity contribution in [3.63, 3.8) is 0 Å². The van der Waals surface area contributed by atoms with E-state index in [1.807, 2.05) is 32.0 Å². The van der Waals surface area contributed by atoms with Crippen LogP contribution in [0.3, 0.4) is 0 Å². The molecule has 6 nitrogen and oxygen atoms in total. The molecule has 0 atom stereocenters. The molecular weight excluding hydrogens is 566 g/mol. The van der Waals surface area contributed by atoms with Gasteiger partial charge >= 0.3 is 11.9 Å². The molecule has 0 saturated heterocycles. The Morgan fingerprint density at radius 1 is 1.09 bits per heavy atom. The highest BCUT2D eigenvalue weighted by atomic mass is 79.9. The van der Waals surface area contributed by atoms with E-state index in [0.29, 0.717) is 33.5 Å². The van der Waals surface area contributed by atoms with Gasteiger partial charge in [0.25, 0.3) is 0 Å². The smallest absolute Gasteiger partial charge is 0.363 e. The second-order valence-electron chi connectivity index (χ2n) is 7.36. The molecule has 1 heterocycles. The summed E-state index contributed by atoms with van der Waals surface area (Å²) in [5.41, 5.74) is 2.85. The molecule has 0 bridgehead atoms. The number of halogens is 2. The average molecular weight is 585 g/mol. The van der Waals surface area contributed by atoms with Crippen LogP contribution in [-0.2, 0) is 9.53 Å². The number of cyclic esters (lactones) is 1. The molecule has 0 N–H and O–H groups in total. The molecule has 0 saturated carbocycles. The number of ether oxygens (including phenoxy) is 3. The number of hydrogen-bond donors (Lipinski definition) is 0. The van der Waals surface area contributed by atoms with Gasteiger partial charge in [0.05, 0.1) is 16.6 Å². The minimum atomic E-state index is -0.554. The molecule has 0 fully saturated rings. The maximum Gasteiger partial charge on any atom is 0.363 e. The standard InChI is InChI=1S/C26H19Br2NO5/c1-3-32-22-14-16(12-20(28)23(22)33-25(30)18-6-4-5-15(2)11-18)13-21-26(31)34-24(29-21)17-7-9-19(27)10-8-17/h4-14H,3H2,1-2H3/b21-13-. The number of carbonyl (C=O) groups is 2. The van der Waals surface area contributed by atoms with Crippen LogP contribution in [0.2, 0.25) is 0 Å². The zero-order valence-electron chi connectivity index (χ0n) is 18.3. The monoisotopic (exact) mass is 583 g/mol. The summed E-state index contributed by atoms with van der Waals surface area (Å²) in [5.74, 6) is -0.213. The predicted molar refractivity (Wildman–Crippen MR) is 136 cm³/mol. The van der Waals surface area contributed by atoms with Crippen molar-refractivity contribution in [1.82, 2.24) is 0 Å². The van der Waals surface area contributed by atoms with Crippen molar-refractivity contribution in [2.45, 2.75) is 13.8 Å². The number of aryl methyl sites for hydroxylation is 1. The number of benzene rings is 3. The third-order valence-electron chi connectivity index (χ3n) is 4.80. The van der Waals surface area contributed by atoms with Crippen molar-refractivity contribution < 1.29 is 23.8 Å². The fourth-order valence-electron chi connectivity index (χ4n) is 3.24. The number of carbonyl (C=O) groups excluding carboxylic acids is 2. The number of rotatable bonds is 6. The highest BCUT2D eigenvalue weighted by Crippen LogP contribution is 2.38. The van der Waals surface area contributed by atoms with Gasteiger partial charge in [-0.3, -0.25) is 0 Å². The predicted octanol–water partition coefficient (Wildman–Crippen LogP) is 6.48. The first kappa shape index (κ1) is 23.9. The molecule has 0 spiro atoms. The summed E-state index contributed by atoms with van der Waals surface area (Å²) < 4.78 is 18.1. The Kier molecular flexibility index (Phi) is 7.29. The highest BCUT2D eigenvalue weighted by Gasteiger charge is 2.25. The van der Waals surface area contributed by atoms with Gasteiger partial charge < -0.3 is 14.2 Å². The van der Waals surface area contributed by atoms with Crippen LogP contribution in [0.5, 0.6) is 11.5 Å². The van der Waals surface area contributed by atoms with E-state index >= 15 is 0 Å². The second-order valence-corrected chi connectivity index (χ2v) is 9.13. The fraction of sp³-hybridized carbons (Fsp3) is 0.115. The lowest BCUT2D eigenvalue weighted by Crippen LogP contribution is -2.10. The van der Waals surface area contributed by atoms with E-state index in [9.17, 15) is 9.59 Å². The minimum absolute atomic E-state index is 0.150. The van der Waals surface area contributed by atoms with Crippen LogP contribution in [0, 0.1) is 6.92 Å². The summed E-state index contributed by atoms with van der Waals surface area (Å²) in [4.78, 5) is 29.4. The van der Waals surface area contributed by atoms with E-state index in [0.717, 1.165) is 10.0 Å². The maximum atomic E-state index is 12.7. The van der Waals surface area contributed by atoms with Crippen LogP contribution in [0.1, 0.15) is 34.0 Å². The van der Waals surface area contributed by atoms with Gasteiger partial charge in [-0.25, -0.2) is 14.6 Å². The van der Waals surface area contributed by atoms with Crippen LogP contribution in [0.25, 0.3) is 6.08 Å². The van der Waals surface area contributed by atoms with Crippen LogP contribution >= 0.6 is 31.9 Å². The molecule has 0 unspecified atom stereocenters. The van der Waals surface area contributed by atoms with Gasteiger partial charge in [0.15, 0.2) is 17.2 Å². The summed E-state index contributed by atoms with van der Waals surface area (Å²) in [6.45, 7) is 4.09. The van der Waals surface area contributed by atoms with Gasteiger partial charge in [-0.2, -0.15) is 0 Å². The molecule has 0 amide bonds. The Morgan fingerprint density at radius 2 is 1.85 bits per heavy atom. The van der Waals surface area contributed by atoms with Gasteiger partial charge in [0, 0.05) is 10.0 Å². The molecule has 8 heteroatoms. The van der Waals surface area contributed by atoms with Gasteiger partial charge in [0.1, 0.15) is 0 Å². The van der Waals surface area contributed by atoms with Crippen LogP contribution in [0.15, 0.2) is 80.3 Å². The molecule has 0 radical (unpaired) electrons. The SMILES string of the molecule is CCOc1cc(/C=C2\N=C(c3ccc(Br)cc3)OC2=O)cc(Br)c1OC(=O)c1cccc(C)c1. The normalized spacial score (nSPS) is 14.1. The van der Waals surface area contributed by atoms with E-state index in [-0.39, 0.29) is 17.3 Å². The Labute approximate surface area is 213 Å². The number of hydrogen-bond acceptors (Lipinski definition) is 6. The van der Waals surface area contributed by atoms with Gasteiger partial charge in [-0.1, -0.05) is 33.6 Å². The van der Waals surface area contributed by atoms with Crippen molar-refractivity contribution in [2.24, 2.45) is 4.99 Å². The Balaban J connectivity index is 1.64. The molecule has 0 aliphatic carbocycles. The molecular formula is C26H19Br2NO5. The molecule has 34 heavy (non-hydrogen) atoms. The number of aliphatic imine (C=N–C) groups is 1. The molecule has 0 aromatic heterocycles. The zero-order chi connectivity index (χ0) is 24.2. The first-order chi connectivity index (χ1) is 16.3. The van der Waals surface area contributed by atoms with Crippen LogP contribution in [-0.4, -0.2) is 24.4 Å². The Bertz CT molecular complexity index is 1330. The number of nitrogens with zero attached hydrogens (tertiary/aromatic N) is 1. The molecule has 172 valence electrons. The summed E-state index contributed by atoms with van der Waals surface area (Å²) >= 11 is 6.84. The van der Waals surface area contributed by atoms with Crippen molar-refractivity contribution in [1.29, 1.82) is 0 Å². The molecule has 1 aliphatic heterocycles. The summed E-state index contributed by atoms with van der Waals surface area (Å²) in [7, 11) is 0. The minimum Gasteiger partial charge on any atom is -0.490 e. The third-order valence-corrected chi connectivity index (χ3v) is 5.91. The highest BCUT2D eigenvalue weighted by molar-refractivity contribution is 9.10. The third kappa shape index (κ3) is 5.46. The Hall–Kier alpha value is -3.23. The summed E-state index contributed by atoms with van der Waals surface area (Å²) in [6.07, 6.45) is 1.59. The van der Waals surface area contributed by atoms with Crippen molar-refractivity contribution >= 4 is 55.8 Å². The van der Waals surface area contributed by atoms with E-state index in [1.165, 1.54) is 0 Å². The lowest BCUT2D eigenvalue weighted by atomic mass is 10.1. The molecule has 3 aromatic carbocycles.